The van der Waals surface area contributed by atoms with Crippen molar-refractivity contribution < 1.29 is 4.42 Å². The summed E-state index contributed by atoms with van der Waals surface area (Å²) in [6, 6.07) is 3.39. The Kier molecular flexibility index (Phi) is 1.48. The van der Waals surface area contributed by atoms with E-state index < -0.39 is 5.76 Å². The van der Waals surface area contributed by atoms with Gasteiger partial charge in [-0.15, -0.1) is 0 Å². The van der Waals surface area contributed by atoms with E-state index in [4.69, 9.17) is 16.0 Å². The predicted molar refractivity (Wildman–Crippen MR) is 46.6 cm³/mol. The van der Waals surface area contributed by atoms with Crippen LogP contribution in [0, 0.1) is 6.92 Å². The Labute approximate surface area is 73.0 Å². The monoisotopic (exact) mass is 183 g/mol. The van der Waals surface area contributed by atoms with Crippen LogP contribution >= 0.6 is 11.6 Å². The molecule has 0 spiro atoms. The first-order valence-corrected chi connectivity index (χ1v) is 3.83. The van der Waals surface area contributed by atoms with Crippen LogP contribution in [0.25, 0.3) is 11.1 Å². The maximum atomic E-state index is 10.8. The lowest BCUT2D eigenvalue weighted by Gasteiger charge is -1.93. The second kappa shape index (κ2) is 2.38. The molecule has 0 amide bonds. The highest BCUT2D eigenvalue weighted by molar-refractivity contribution is 6.31. The molecule has 4 heteroatoms. The summed E-state index contributed by atoms with van der Waals surface area (Å²) in [4.78, 5) is 13.4. The highest BCUT2D eigenvalue weighted by Gasteiger charge is 2.04. The topological polar surface area (TPSA) is 46.0 Å². The zero-order valence-electron chi connectivity index (χ0n) is 6.35. The maximum Gasteiger partial charge on any atom is 0.417 e. The average Bonchev–Trinajstić information content (AvgIpc) is 2.29. The van der Waals surface area contributed by atoms with Crippen molar-refractivity contribution >= 4 is 22.7 Å². The molecule has 0 fully saturated rings. The zero-order chi connectivity index (χ0) is 8.72. The number of hydrogen-bond acceptors (Lipinski definition) is 2. The number of oxazole rings is 1. The van der Waals surface area contributed by atoms with Gasteiger partial charge in [-0.25, -0.2) is 4.79 Å². The first-order valence-electron chi connectivity index (χ1n) is 3.46. The number of fused-ring (bicyclic) bond motifs is 1. The summed E-state index contributed by atoms with van der Waals surface area (Å²) in [5, 5.41) is 0.572. The number of aryl methyl sites for hydroxylation is 1. The van der Waals surface area contributed by atoms with E-state index >= 15 is 0 Å². The van der Waals surface area contributed by atoms with Gasteiger partial charge in [-0.05, 0) is 18.6 Å². The van der Waals surface area contributed by atoms with Crippen LogP contribution in [0.4, 0.5) is 0 Å². The quantitative estimate of drug-likeness (QED) is 0.680. The molecule has 1 aromatic carbocycles. The molecule has 12 heavy (non-hydrogen) atoms. The van der Waals surface area contributed by atoms with Crippen molar-refractivity contribution in [1.29, 1.82) is 0 Å². The van der Waals surface area contributed by atoms with Crippen molar-refractivity contribution in [2.75, 3.05) is 0 Å². The van der Waals surface area contributed by atoms with E-state index in [0.717, 1.165) is 5.56 Å². The van der Waals surface area contributed by atoms with Crippen molar-refractivity contribution in [3.8, 4) is 0 Å². The van der Waals surface area contributed by atoms with E-state index in [1.54, 1.807) is 12.1 Å². The summed E-state index contributed by atoms with van der Waals surface area (Å²) in [5.74, 6) is -0.449. The Balaban J connectivity index is 2.97. The van der Waals surface area contributed by atoms with Gasteiger partial charge in [0.25, 0.3) is 0 Å². The molecule has 2 rings (SSSR count). The molecule has 0 saturated heterocycles. The van der Waals surface area contributed by atoms with Crippen LogP contribution < -0.4 is 5.76 Å². The molecule has 2 aromatic rings. The van der Waals surface area contributed by atoms with Crippen LogP contribution in [-0.4, -0.2) is 4.98 Å². The van der Waals surface area contributed by atoms with Gasteiger partial charge in [-0.2, -0.15) is 0 Å². The molecule has 0 unspecified atom stereocenters. The minimum atomic E-state index is -0.449. The number of halogens is 1. The minimum Gasteiger partial charge on any atom is -0.408 e. The standard InChI is InChI=1S/C8H6ClNO2/c1-4-2-5(9)3-6-7(4)10-8(11)12-6/h2-3H,1H3,(H,10,11). The van der Waals surface area contributed by atoms with Crippen LogP contribution in [0.1, 0.15) is 5.56 Å². The van der Waals surface area contributed by atoms with Crippen molar-refractivity contribution in [3.63, 3.8) is 0 Å². The number of rotatable bonds is 0. The average molecular weight is 184 g/mol. The molecule has 1 heterocycles. The molecule has 0 radical (unpaired) electrons. The van der Waals surface area contributed by atoms with Crippen LogP contribution in [0.3, 0.4) is 0 Å². The zero-order valence-corrected chi connectivity index (χ0v) is 7.11. The Morgan fingerprint density at radius 1 is 1.50 bits per heavy atom. The van der Waals surface area contributed by atoms with Crippen molar-refractivity contribution in [1.82, 2.24) is 4.98 Å². The third-order valence-electron chi connectivity index (χ3n) is 1.69. The SMILES string of the molecule is Cc1cc(Cl)cc2oc(=O)[nH]c12. The summed E-state index contributed by atoms with van der Waals surface area (Å²) in [7, 11) is 0. The molecule has 0 saturated carbocycles. The highest BCUT2D eigenvalue weighted by Crippen LogP contribution is 2.20. The van der Waals surface area contributed by atoms with E-state index in [0.29, 0.717) is 16.1 Å². The van der Waals surface area contributed by atoms with Crippen molar-refractivity contribution in [3.05, 3.63) is 33.3 Å². The van der Waals surface area contributed by atoms with E-state index in [9.17, 15) is 4.79 Å². The third kappa shape index (κ3) is 1.02. The fraction of sp³-hybridized carbons (Fsp3) is 0.125. The molecule has 1 aromatic heterocycles. The molecular formula is C8H6ClNO2. The van der Waals surface area contributed by atoms with Gasteiger partial charge in [0.1, 0.15) is 0 Å². The van der Waals surface area contributed by atoms with Gasteiger partial charge in [0.2, 0.25) is 0 Å². The lowest BCUT2D eigenvalue weighted by molar-refractivity contribution is 0.555. The van der Waals surface area contributed by atoms with E-state index in [-0.39, 0.29) is 0 Å². The van der Waals surface area contributed by atoms with Gasteiger partial charge >= 0.3 is 5.76 Å². The van der Waals surface area contributed by atoms with Crippen LogP contribution in [0.2, 0.25) is 5.02 Å². The number of benzene rings is 1. The Morgan fingerprint density at radius 3 is 3.00 bits per heavy atom. The molecule has 0 aliphatic carbocycles. The van der Waals surface area contributed by atoms with Crippen LogP contribution in [-0.2, 0) is 0 Å². The fourth-order valence-corrected chi connectivity index (χ4v) is 1.44. The van der Waals surface area contributed by atoms with Crippen LogP contribution in [0.15, 0.2) is 21.3 Å². The smallest absolute Gasteiger partial charge is 0.408 e. The van der Waals surface area contributed by atoms with Gasteiger partial charge in [0.05, 0.1) is 5.52 Å². The van der Waals surface area contributed by atoms with E-state index in [1.807, 2.05) is 6.92 Å². The van der Waals surface area contributed by atoms with Gasteiger partial charge in [-0.3, -0.25) is 4.98 Å². The van der Waals surface area contributed by atoms with Crippen molar-refractivity contribution in [2.45, 2.75) is 6.92 Å². The molecule has 62 valence electrons. The molecule has 3 nitrogen and oxygen atoms in total. The van der Waals surface area contributed by atoms with Crippen molar-refractivity contribution in [2.24, 2.45) is 0 Å². The Morgan fingerprint density at radius 2 is 2.25 bits per heavy atom. The van der Waals surface area contributed by atoms with Gasteiger partial charge in [-0.1, -0.05) is 11.6 Å². The predicted octanol–water partition coefficient (Wildman–Crippen LogP) is 2.08. The van der Waals surface area contributed by atoms with E-state index in [2.05, 4.69) is 4.98 Å². The fourth-order valence-electron chi connectivity index (χ4n) is 1.18. The second-order valence-corrected chi connectivity index (χ2v) is 3.05. The molecule has 0 atom stereocenters. The number of aromatic amines is 1. The molecule has 1 N–H and O–H groups in total. The largest absolute Gasteiger partial charge is 0.417 e. The second-order valence-electron chi connectivity index (χ2n) is 2.61. The number of H-pyrrole nitrogens is 1. The lowest BCUT2D eigenvalue weighted by atomic mass is 10.2. The van der Waals surface area contributed by atoms with Gasteiger partial charge in [0.15, 0.2) is 5.58 Å². The summed E-state index contributed by atoms with van der Waals surface area (Å²) in [5.41, 5.74) is 2.12. The first-order chi connectivity index (χ1) is 5.66. The normalized spacial score (nSPS) is 10.8. The summed E-state index contributed by atoms with van der Waals surface area (Å²) >= 11 is 5.76. The summed E-state index contributed by atoms with van der Waals surface area (Å²) in [6.45, 7) is 1.86. The highest BCUT2D eigenvalue weighted by atomic mass is 35.5. The summed E-state index contributed by atoms with van der Waals surface area (Å²) < 4.78 is 4.83. The Bertz CT molecular complexity index is 483. The van der Waals surface area contributed by atoms with Crippen LogP contribution in [0.5, 0.6) is 0 Å². The maximum absolute atomic E-state index is 10.8. The van der Waals surface area contributed by atoms with E-state index in [1.165, 1.54) is 0 Å². The Hall–Kier alpha value is -1.22. The molecule has 0 aliphatic heterocycles. The molecule has 0 aliphatic rings. The minimum absolute atomic E-state index is 0.449. The lowest BCUT2D eigenvalue weighted by Crippen LogP contribution is -1.93. The number of aromatic nitrogens is 1. The number of hydrogen-bond donors (Lipinski definition) is 1. The molecular weight excluding hydrogens is 178 g/mol. The summed E-state index contributed by atoms with van der Waals surface area (Å²) in [6.07, 6.45) is 0. The third-order valence-corrected chi connectivity index (χ3v) is 1.91. The molecule has 0 bridgehead atoms. The number of nitrogens with one attached hydrogen (secondary N) is 1. The first kappa shape index (κ1) is 7.43. The van der Waals surface area contributed by atoms with Gasteiger partial charge in [0, 0.05) is 11.1 Å². The van der Waals surface area contributed by atoms with Gasteiger partial charge < -0.3 is 4.42 Å².